The molecule has 0 radical (unpaired) electrons. The fraction of sp³-hybridized carbons (Fsp3) is 0.250. The number of hydrogen-bond acceptors (Lipinski definition) is 7. The van der Waals surface area contributed by atoms with E-state index in [-0.39, 0.29) is 11.7 Å². The molecule has 154 valence electrons. The molecule has 0 aliphatic heterocycles. The van der Waals surface area contributed by atoms with Crippen LogP contribution in [-0.2, 0) is 17.9 Å². The third-order valence-corrected chi connectivity index (χ3v) is 6.30. The minimum atomic E-state index is -0.0996. The maximum absolute atomic E-state index is 12.5. The normalized spacial score (nSPS) is 11.0. The van der Waals surface area contributed by atoms with Crippen LogP contribution in [0.1, 0.15) is 13.8 Å². The van der Waals surface area contributed by atoms with Gasteiger partial charge < -0.3 is 14.5 Å². The van der Waals surface area contributed by atoms with Crippen molar-refractivity contribution in [3.8, 4) is 22.1 Å². The van der Waals surface area contributed by atoms with Crippen LogP contribution in [0.5, 0.6) is 0 Å². The van der Waals surface area contributed by atoms with E-state index in [2.05, 4.69) is 25.7 Å². The number of anilines is 1. The van der Waals surface area contributed by atoms with Crippen molar-refractivity contribution in [2.24, 2.45) is 0 Å². The third-order valence-electron chi connectivity index (χ3n) is 4.47. The molecular weight excluding hydrogens is 418 g/mol. The van der Waals surface area contributed by atoms with Crippen LogP contribution in [-0.4, -0.2) is 41.2 Å². The van der Waals surface area contributed by atoms with Gasteiger partial charge in [-0.15, -0.1) is 31.7 Å². The minimum Gasteiger partial charge on any atom is -0.325 e. The lowest BCUT2D eigenvalue weighted by Gasteiger charge is -2.09. The van der Waals surface area contributed by atoms with E-state index in [1.807, 2.05) is 64.8 Å². The van der Waals surface area contributed by atoms with Gasteiger partial charge in [-0.1, -0.05) is 30.0 Å². The van der Waals surface area contributed by atoms with Crippen LogP contribution in [0, 0.1) is 0 Å². The second-order valence-corrected chi connectivity index (χ2v) is 8.28. The molecule has 1 N–H and O–H groups in total. The summed E-state index contributed by atoms with van der Waals surface area (Å²) >= 11 is 3.01. The first kappa shape index (κ1) is 20.3. The maximum Gasteiger partial charge on any atom is 0.234 e. The molecule has 4 aromatic rings. The Hall–Kier alpha value is -2.98. The predicted molar refractivity (Wildman–Crippen MR) is 119 cm³/mol. The molecule has 3 aromatic heterocycles. The van der Waals surface area contributed by atoms with Crippen LogP contribution in [0.15, 0.2) is 53.3 Å². The van der Waals surface area contributed by atoms with Gasteiger partial charge in [-0.05, 0) is 37.4 Å². The van der Waals surface area contributed by atoms with Crippen LogP contribution in [0.3, 0.4) is 0 Å². The number of carbonyl (C=O) groups excluding carboxylic acids is 1. The van der Waals surface area contributed by atoms with Gasteiger partial charge in [0.05, 0.1) is 10.6 Å². The van der Waals surface area contributed by atoms with Crippen LogP contribution < -0.4 is 5.32 Å². The summed E-state index contributed by atoms with van der Waals surface area (Å²) in [5.41, 5.74) is 1.63. The second-order valence-electron chi connectivity index (χ2n) is 6.39. The topological polar surface area (TPSA) is 90.5 Å². The molecule has 4 rings (SSSR count). The zero-order chi connectivity index (χ0) is 20.9. The van der Waals surface area contributed by atoms with E-state index in [0.717, 1.165) is 46.0 Å². The van der Waals surface area contributed by atoms with Crippen molar-refractivity contribution in [2.45, 2.75) is 32.1 Å². The SMILES string of the molecule is CCn1cnnc1-c1cccc(NC(=O)CSc2nnc(-c3cccs3)n2CC)c1. The summed E-state index contributed by atoms with van der Waals surface area (Å²) in [7, 11) is 0. The first-order valence-electron chi connectivity index (χ1n) is 9.57. The number of thiophene rings is 1. The molecule has 0 fully saturated rings. The minimum absolute atomic E-state index is 0.0996. The predicted octanol–water partition coefficient (Wildman–Crippen LogP) is 4.04. The molecule has 3 heterocycles. The molecule has 1 amide bonds. The van der Waals surface area contributed by atoms with Gasteiger partial charge in [0.1, 0.15) is 6.33 Å². The number of thioether (sulfide) groups is 1. The second kappa shape index (κ2) is 9.23. The van der Waals surface area contributed by atoms with E-state index in [4.69, 9.17) is 0 Å². The molecule has 1 aromatic carbocycles. The lowest BCUT2D eigenvalue weighted by Crippen LogP contribution is -2.14. The fourth-order valence-electron chi connectivity index (χ4n) is 3.04. The largest absolute Gasteiger partial charge is 0.325 e. The van der Waals surface area contributed by atoms with Crippen molar-refractivity contribution in [3.63, 3.8) is 0 Å². The molecule has 0 aliphatic rings. The van der Waals surface area contributed by atoms with Gasteiger partial charge in [-0.2, -0.15) is 0 Å². The molecule has 30 heavy (non-hydrogen) atoms. The van der Waals surface area contributed by atoms with Gasteiger partial charge >= 0.3 is 0 Å². The highest BCUT2D eigenvalue weighted by molar-refractivity contribution is 7.99. The number of aryl methyl sites for hydroxylation is 1. The Balaban J connectivity index is 1.42. The Morgan fingerprint density at radius 2 is 2.00 bits per heavy atom. The molecule has 8 nitrogen and oxygen atoms in total. The van der Waals surface area contributed by atoms with Crippen molar-refractivity contribution in [1.29, 1.82) is 0 Å². The van der Waals surface area contributed by atoms with E-state index in [0.29, 0.717) is 0 Å². The van der Waals surface area contributed by atoms with Gasteiger partial charge in [0.25, 0.3) is 0 Å². The fourth-order valence-corrected chi connectivity index (χ4v) is 4.56. The van der Waals surface area contributed by atoms with Gasteiger partial charge in [0.2, 0.25) is 5.91 Å². The molecule has 0 spiro atoms. The van der Waals surface area contributed by atoms with Crippen LogP contribution in [0.2, 0.25) is 0 Å². The molecule has 10 heteroatoms. The van der Waals surface area contributed by atoms with E-state index < -0.39 is 0 Å². The Morgan fingerprint density at radius 1 is 1.10 bits per heavy atom. The van der Waals surface area contributed by atoms with Crippen molar-refractivity contribution in [1.82, 2.24) is 29.5 Å². The lowest BCUT2D eigenvalue weighted by atomic mass is 10.2. The molecule has 0 atom stereocenters. The number of benzene rings is 1. The Labute approximate surface area is 182 Å². The van der Waals surface area contributed by atoms with Crippen LogP contribution >= 0.6 is 23.1 Å². The maximum atomic E-state index is 12.5. The van der Waals surface area contributed by atoms with Crippen LogP contribution in [0.25, 0.3) is 22.1 Å². The zero-order valence-electron chi connectivity index (χ0n) is 16.6. The summed E-state index contributed by atoms with van der Waals surface area (Å²) in [5.74, 6) is 1.76. The molecule has 0 aliphatic carbocycles. The zero-order valence-corrected chi connectivity index (χ0v) is 18.3. The summed E-state index contributed by atoms with van der Waals surface area (Å²) in [6, 6.07) is 11.6. The number of carbonyl (C=O) groups is 1. The first-order valence-corrected chi connectivity index (χ1v) is 11.4. The van der Waals surface area contributed by atoms with Crippen molar-refractivity contribution < 1.29 is 4.79 Å². The van der Waals surface area contributed by atoms with Gasteiger partial charge in [0, 0.05) is 24.3 Å². The highest BCUT2D eigenvalue weighted by Crippen LogP contribution is 2.27. The Morgan fingerprint density at radius 3 is 2.77 bits per heavy atom. The monoisotopic (exact) mass is 439 g/mol. The highest BCUT2D eigenvalue weighted by Gasteiger charge is 2.15. The number of nitrogens with one attached hydrogen (secondary N) is 1. The van der Waals surface area contributed by atoms with Gasteiger partial charge in [-0.3, -0.25) is 4.79 Å². The van der Waals surface area contributed by atoms with Gasteiger partial charge in [-0.25, -0.2) is 0 Å². The van der Waals surface area contributed by atoms with Crippen molar-refractivity contribution in [3.05, 3.63) is 48.1 Å². The number of nitrogens with zero attached hydrogens (tertiary/aromatic N) is 6. The van der Waals surface area contributed by atoms with E-state index in [1.165, 1.54) is 11.8 Å². The smallest absolute Gasteiger partial charge is 0.234 e. The Kier molecular flexibility index (Phi) is 6.24. The molecule has 0 unspecified atom stereocenters. The van der Waals surface area contributed by atoms with Crippen molar-refractivity contribution >= 4 is 34.7 Å². The summed E-state index contributed by atoms with van der Waals surface area (Å²) in [6.45, 7) is 5.60. The van der Waals surface area contributed by atoms with Gasteiger partial charge in [0.15, 0.2) is 16.8 Å². The summed E-state index contributed by atoms with van der Waals surface area (Å²) < 4.78 is 3.99. The quantitative estimate of drug-likeness (QED) is 0.417. The summed E-state index contributed by atoms with van der Waals surface area (Å²) in [6.07, 6.45) is 1.70. The number of amides is 1. The molecular formula is C20H21N7OS2. The third kappa shape index (κ3) is 4.29. The van der Waals surface area contributed by atoms with E-state index in [9.17, 15) is 4.79 Å². The Bertz CT molecular complexity index is 1130. The number of hydrogen-bond donors (Lipinski definition) is 1. The highest BCUT2D eigenvalue weighted by atomic mass is 32.2. The number of aromatic nitrogens is 6. The van der Waals surface area contributed by atoms with E-state index in [1.54, 1.807) is 17.7 Å². The number of rotatable bonds is 8. The summed E-state index contributed by atoms with van der Waals surface area (Å²) in [4.78, 5) is 13.6. The summed E-state index contributed by atoms with van der Waals surface area (Å²) in [5, 5.41) is 22.4. The molecule has 0 saturated heterocycles. The average molecular weight is 440 g/mol. The van der Waals surface area contributed by atoms with Crippen molar-refractivity contribution in [2.75, 3.05) is 11.1 Å². The average Bonchev–Trinajstić information content (AvgIpc) is 3.52. The van der Waals surface area contributed by atoms with Crippen LogP contribution in [0.4, 0.5) is 5.69 Å². The standard InChI is InChI=1S/C20H21N7OS2/c1-3-26-13-21-23-18(26)14-7-5-8-15(11-14)22-17(28)12-30-20-25-24-19(27(20)4-2)16-9-6-10-29-16/h5-11,13H,3-4,12H2,1-2H3,(H,22,28). The molecule has 0 saturated carbocycles. The first-order chi connectivity index (χ1) is 14.7. The lowest BCUT2D eigenvalue weighted by molar-refractivity contribution is -0.113. The van der Waals surface area contributed by atoms with E-state index >= 15 is 0 Å². The molecule has 0 bridgehead atoms.